The Hall–Kier alpha value is -3.24. The molecule has 0 heterocycles. The average molecular weight is 332 g/mol. The van der Waals surface area contributed by atoms with Crippen LogP contribution in [0.15, 0.2) is 42.0 Å². The maximum absolute atomic E-state index is 12.3. The fraction of sp³-hybridized carbons (Fsp3) is 0.238. The van der Waals surface area contributed by atoms with Gasteiger partial charge in [-0.3, -0.25) is 4.79 Å². The number of carbonyl (C=O) groups excluding carboxylic acids is 1. The van der Waals surface area contributed by atoms with Crippen molar-refractivity contribution < 1.29 is 9.53 Å². The quantitative estimate of drug-likeness (QED) is 0.499. The van der Waals surface area contributed by atoms with E-state index in [0.29, 0.717) is 11.3 Å². The molecule has 0 aromatic heterocycles. The summed E-state index contributed by atoms with van der Waals surface area (Å²) in [6.07, 6.45) is 7.63. The van der Waals surface area contributed by atoms with Crippen LogP contribution in [0.4, 0.5) is 0 Å². The van der Waals surface area contributed by atoms with Gasteiger partial charge in [0.2, 0.25) is 0 Å². The molecule has 25 heavy (non-hydrogen) atoms. The van der Waals surface area contributed by atoms with Crippen LogP contribution in [0.5, 0.6) is 5.75 Å². The van der Waals surface area contributed by atoms with Crippen molar-refractivity contribution >= 4 is 22.8 Å². The number of carbonyl (C=O) groups is 1. The number of rotatable bonds is 6. The molecule has 1 amide bonds. The molecule has 0 aliphatic rings. The zero-order chi connectivity index (χ0) is 18.2. The van der Waals surface area contributed by atoms with Gasteiger partial charge < -0.3 is 10.1 Å². The molecule has 0 aliphatic carbocycles. The molecule has 1 N–H and O–H groups in total. The molecular formula is C21H20N2O2. The Balaban J connectivity index is 2.54. The minimum Gasteiger partial charge on any atom is -0.480 e. The summed E-state index contributed by atoms with van der Waals surface area (Å²) < 4.78 is 5.60. The topological polar surface area (TPSA) is 62.1 Å². The Kier molecular flexibility index (Phi) is 6.20. The van der Waals surface area contributed by atoms with Gasteiger partial charge in [-0.15, -0.1) is 6.42 Å². The molecule has 1 atom stereocenters. The highest BCUT2D eigenvalue weighted by molar-refractivity contribution is 6.05. The molecule has 2 aromatic rings. The Bertz CT molecular complexity index is 885. The van der Waals surface area contributed by atoms with Crippen LogP contribution in [0.1, 0.15) is 25.8 Å². The van der Waals surface area contributed by atoms with Gasteiger partial charge in [-0.2, -0.15) is 5.26 Å². The average Bonchev–Trinajstić information content (AvgIpc) is 2.64. The highest BCUT2D eigenvalue weighted by Gasteiger charge is 2.14. The van der Waals surface area contributed by atoms with E-state index in [9.17, 15) is 10.1 Å². The standard InChI is InChI=1S/C21H20N2O2/c1-4-12-25-20-11-10-16-8-6-7-9-18(16)19(20)13-17(14-22)21(24)23-15(3)5-2/h1,6-11,13,15H,5,12H2,2-3H3,(H,23,24)/b17-13+/t15-/m1/s1. The number of hydrogen-bond donors (Lipinski definition) is 1. The van der Waals surface area contributed by atoms with E-state index in [4.69, 9.17) is 11.2 Å². The Morgan fingerprint density at radius 1 is 1.36 bits per heavy atom. The van der Waals surface area contributed by atoms with Crippen LogP contribution >= 0.6 is 0 Å². The molecule has 0 aliphatic heterocycles. The molecule has 0 unspecified atom stereocenters. The van der Waals surface area contributed by atoms with Gasteiger partial charge in [0.15, 0.2) is 0 Å². The first kappa shape index (κ1) is 18.1. The third-order valence-electron chi connectivity index (χ3n) is 3.89. The second kappa shape index (κ2) is 8.57. The van der Waals surface area contributed by atoms with Crippen molar-refractivity contribution in [1.29, 1.82) is 5.26 Å². The van der Waals surface area contributed by atoms with Crippen molar-refractivity contribution in [2.75, 3.05) is 6.61 Å². The maximum atomic E-state index is 12.3. The Morgan fingerprint density at radius 3 is 2.80 bits per heavy atom. The molecule has 0 radical (unpaired) electrons. The molecule has 0 saturated carbocycles. The number of hydrogen-bond acceptors (Lipinski definition) is 3. The molecule has 2 aromatic carbocycles. The number of nitrogens with one attached hydrogen (secondary N) is 1. The van der Waals surface area contributed by atoms with Gasteiger partial charge in [-0.25, -0.2) is 0 Å². The van der Waals surface area contributed by atoms with E-state index in [2.05, 4.69) is 11.2 Å². The first-order valence-corrected chi connectivity index (χ1v) is 8.11. The van der Waals surface area contributed by atoms with Gasteiger partial charge >= 0.3 is 0 Å². The van der Waals surface area contributed by atoms with E-state index < -0.39 is 5.91 Å². The zero-order valence-electron chi connectivity index (χ0n) is 14.4. The maximum Gasteiger partial charge on any atom is 0.262 e. The van der Waals surface area contributed by atoms with Crippen LogP contribution in [0.3, 0.4) is 0 Å². The Labute approximate surface area is 148 Å². The number of ether oxygens (including phenoxy) is 1. The minimum absolute atomic E-state index is 0.00562. The van der Waals surface area contributed by atoms with E-state index in [-0.39, 0.29) is 18.2 Å². The van der Waals surface area contributed by atoms with Crippen molar-refractivity contribution in [3.8, 4) is 24.2 Å². The monoisotopic (exact) mass is 332 g/mol. The van der Waals surface area contributed by atoms with Gasteiger partial charge in [0.05, 0.1) is 0 Å². The van der Waals surface area contributed by atoms with Gasteiger partial charge in [-0.05, 0) is 36.3 Å². The molecule has 2 rings (SSSR count). The number of nitrogens with zero attached hydrogens (tertiary/aromatic N) is 1. The zero-order valence-corrected chi connectivity index (χ0v) is 14.4. The third kappa shape index (κ3) is 4.40. The summed E-state index contributed by atoms with van der Waals surface area (Å²) in [6, 6.07) is 13.4. The van der Waals surface area contributed by atoms with Gasteiger partial charge in [0.25, 0.3) is 5.91 Å². The summed E-state index contributed by atoms with van der Waals surface area (Å²) in [4.78, 5) is 12.3. The van der Waals surface area contributed by atoms with Crippen molar-refractivity contribution in [3.63, 3.8) is 0 Å². The van der Waals surface area contributed by atoms with Gasteiger partial charge in [-0.1, -0.05) is 43.2 Å². The van der Waals surface area contributed by atoms with E-state index in [0.717, 1.165) is 17.2 Å². The highest BCUT2D eigenvalue weighted by atomic mass is 16.5. The van der Waals surface area contributed by atoms with Crippen molar-refractivity contribution in [3.05, 3.63) is 47.5 Å². The minimum atomic E-state index is -0.396. The second-order valence-electron chi connectivity index (χ2n) is 5.64. The number of nitriles is 1. The van der Waals surface area contributed by atoms with Crippen molar-refractivity contribution in [2.24, 2.45) is 0 Å². The summed E-state index contributed by atoms with van der Waals surface area (Å²) >= 11 is 0. The van der Waals surface area contributed by atoms with Gasteiger partial charge in [0.1, 0.15) is 24.0 Å². The van der Waals surface area contributed by atoms with E-state index in [1.165, 1.54) is 0 Å². The second-order valence-corrected chi connectivity index (χ2v) is 5.64. The molecule has 0 spiro atoms. The van der Waals surface area contributed by atoms with Crippen LogP contribution in [-0.2, 0) is 4.79 Å². The summed E-state index contributed by atoms with van der Waals surface area (Å²) in [6.45, 7) is 3.98. The van der Waals surface area contributed by atoms with Crippen LogP contribution < -0.4 is 10.1 Å². The molecule has 0 fully saturated rings. The van der Waals surface area contributed by atoms with Crippen LogP contribution in [0.25, 0.3) is 16.8 Å². The normalized spacial score (nSPS) is 12.1. The number of benzene rings is 2. The molecule has 126 valence electrons. The lowest BCUT2D eigenvalue weighted by Crippen LogP contribution is -2.32. The predicted octanol–water partition coefficient (Wildman–Crippen LogP) is 3.67. The van der Waals surface area contributed by atoms with Crippen LogP contribution in [0, 0.1) is 23.7 Å². The highest BCUT2D eigenvalue weighted by Crippen LogP contribution is 2.30. The van der Waals surface area contributed by atoms with Crippen LogP contribution in [0.2, 0.25) is 0 Å². The van der Waals surface area contributed by atoms with Crippen molar-refractivity contribution in [1.82, 2.24) is 5.32 Å². The predicted molar refractivity (Wildman–Crippen MR) is 99.8 cm³/mol. The SMILES string of the molecule is C#CCOc1ccc2ccccc2c1/C=C(\C#N)C(=O)N[C@H](C)CC. The van der Waals surface area contributed by atoms with Crippen LogP contribution in [-0.4, -0.2) is 18.6 Å². The summed E-state index contributed by atoms with van der Waals surface area (Å²) in [5.41, 5.74) is 0.700. The Morgan fingerprint density at radius 2 is 2.12 bits per heavy atom. The third-order valence-corrected chi connectivity index (χ3v) is 3.89. The molecule has 4 heteroatoms. The molecular weight excluding hydrogens is 312 g/mol. The molecule has 4 nitrogen and oxygen atoms in total. The van der Waals surface area contributed by atoms with E-state index in [1.54, 1.807) is 12.1 Å². The lowest BCUT2D eigenvalue weighted by molar-refractivity contribution is -0.117. The first-order valence-electron chi connectivity index (χ1n) is 8.11. The first-order chi connectivity index (χ1) is 12.1. The number of terminal acetylenes is 1. The van der Waals surface area contributed by atoms with E-state index in [1.807, 2.05) is 50.2 Å². The largest absolute Gasteiger partial charge is 0.480 e. The summed E-state index contributed by atoms with van der Waals surface area (Å²) in [5, 5.41) is 14.1. The fourth-order valence-electron chi connectivity index (χ4n) is 2.37. The lowest BCUT2D eigenvalue weighted by atomic mass is 10.0. The smallest absolute Gasteiger partial charge is 0.262 e. The van der Waals surface area contributed by atoms with Crippen molar-refractivity contribution in [2.45, 2.75) is 26.3 Å². The lowest BCUT2D eigenvalue weighted by Gasteiger charge is -2.13. The summed E-state index contributed by atoms with van der Waals surface area (Å²) in [7, 11) is 0. The summed E-state index contributed by atoms with van der Waals surface area (Å²) in [5.74, 6) is 2.57. The fourth-order valence-corrected chi connectivity index (χ4v) is 2.37. The van der Waals surface area contributed by atoms with E-state index >= 15 is 0 Å². The molecule has 0 bridgehead atoms. The van der Waals surface area contributed by atoms with Gasteiger partial charge in [0, 0.05) is 11.6 Å². The number of fused-ring (bicyclic) bond motifs is 1. The molecule has 0 saturated heterocycles. The number of amides is 1.